The average molecular weight is 590 g/mol. The van der Waals surface area contributed by atoms with Gasteiger partial charge in [0, 0.05) is 15.6 Å². The molecule has 4 aromatic rings. The lowest BCUT2D eigenvalue weighted by Crippen LogP contribution is -2.48. The molecule has 1 fully saturated rings. The van der Waals surface area contributed by atoms with E-state index in [2.05, 4.69) is 15.3 Å². The van der Waals surface area contributed by atoms with E-state index in [0.717, 1.165) is 0 Å². The quantitative estimate of drug-likeness (QED) is 0.216. The van der Waals surface area contributed by atoms with Gasteiger partial charge in [-0.3, -0.25) is 0 Å². The van der Waals surface area contributed by atoms with Gasteiger partial charge in [0.1, 0.15) is 16.9 Å². The van der Waals surface area contributed by atoms with Crippen molar-refractivity contribution in [2.75, 3.05) is 5.75 Å². The summed E-state index contributed by atoms with van der Waals surface area (Å²) >= 11 is 17.0. The van der Waals surface area contributed by atoms with E-state index in [1.807, 2.05) is 0 Å². The fraction of sp³-hybridized carbons (Fsp3) is 0.292. The van der Waals surface area contributed by atoms with Crippen molar-refractivity contribution in [3.05, 3.63) is 63.4 Å². The van der Waals surface area contributed by atoms with Crippen LogP contribution in [0.4, 0.5) is 13.2 Å². The maximum absolute atomic E-state index is 13.9. The Kier molecular flexibility index (Phi) is 6.99. The molecule has 0 N–H and O–H groups in total. The zero-order valence-electron chi connectivity index (χ0n) is 19.2. The van der Waals surface area contributed by atoms with E-state index in [9.17, 15) is 17.7 Å². The Balaban J connectivity index is 1.76. The summed E-state index contributed by atoms with van der Waals surface area (Å²) in [4.78, 5) is 0.223. The summed E-state index contributed by atoms with van der Waals surface area (Å²) in [6.45, 7) is 1.71. The predicted molar refractivity (Wildman–Crippen MR) is 136 cm³/mol. The van der Waals surface area contributed by atoms with Crippen LogP contribution >= 0.6 is 34.8 Å². The monoisotopic (exact) mass is 588 g/mol. The molecule has 0 saturated heterocycles. The molecule has 0 spiro atoms. The van der Waals surface area contributed by atoms with Crippen molar-refractivity contribution in [1.82, 2.24) is 20.0 Å². The summed E-state index contributed by atoms with van der Waals surface area (Å²) in [5.74, 6) is -0.593. The molecule has 2 heterocycles. The number of hydrogen-bond donors (Lipinski definition) is 0. The van der Waals surface area contributed by atoms with Gasteiger partial charge < -0.3 is 8.97 Å². The fourth-order valence-corrected chi connectivity index (χ4v) is 5.92. The molecule has 1 unspecified atom stereocenters. The molecule has 5 rings (SSSR count). The molecule has 1 atom stereocenters. The summed E-state index contributed by atoms with van der Waals surface area (Å²) in [6, 6.07) is 11.5. The van der Waals surface area contributed by atoms with Gasteiger partial charge in [-0.05, 0) is 61.3 Å². The van der Waals surface area contributed by atoms with Crippen LogP contribution in [-0.2, 0) is 16.6 Å². The number of nitrogens with zero attached hydrogens (tertiary/aromatic N) is 4. The van der Waals surface area contributed by atoms with Crippen molar-refractivity contribution in [3.63, 3.8) is 0 Å². The van der Waals surface area contributed by atoms with Crippen LogP contribution in [0.25, 0.3) is 28.5 Å². The molecule has 0 aliphatic heterocycles. The van der Waals surface area contributed by atoms with Gasteiger partial charge >= 0.3 is 6.18 Å². The van der Waals surface area contributed by atoms with Crippen LogP contribution < -0.4 is 0 Å². The molecule has 13 heteroatoms. The van der Waals surface area contributed by atoms with Gasteiger partial charge in [0.05, 0.1) is 10.7 Å². The minimum absolute atomic E-state index is 0.00606. The lowest BCUT2D eigenvalue weighted by Gasteiger charge is -2.39. The molecular weight excluding hydrogens is 572 g/mol. The smallest absolute Gasteiger partial charge is 0.403 e. The minimum atomic E-state index is -4.55. The van der Waals surface area contributed by atoms with E-state index in [1.54, 1.807) is 43.3 Å². The largest absolute Gasteiger partial charge is 0.611 e. The summed E-state index contributed by atoms with van der Waals surface area (Å²) in [6.07, 6.45) is -4.44. The van der Waals surface area contributed by atoms with Gasteiger partial charge in [-0.15, -0.1) is 10.2 Å². The first-order valence-corrected chi connectivity index (χ1v) is 13.6. The van der Waals surface area contributed by atoms with Crippen LogP contribution in [-0.4, -0.2) is 36.5 Å². The Morgan fingerprint density at radius 3 is 2.30 bits per heavy atom. The van der Waals surface area contributed by atoms with Crippen molar-refractivity contribution in [3.8, 4) is 28.5 Å². The van der Waals surface area contributed by atoms with Crippen molar-refractivity contribution in [2.45, 2.75) is 42.7 Å². The van der Waals surface area contributed by atoms with Crippen LogP contribution in [0.5, 0.6) is 0 Å². The van der Waals surface area contributed by atoms with Crippen LogP contribution in [0.2, 0.25) is 15.1 Å². The SMILES string of the molecule is CC[S+]([O-])c1c(-c2nnc(C3(C(F)(F)F)CCC3)o2)nn(-c2ccc(Cl)cc2Cl)c1-c1ccc(Cl)cc1. The Labute approximate surface area is 227 Å². The Bertz CT molecular complexity index is 1450. The molecule has 1 aliphatic rings. The normalized spacial score (nSPS) is 16.0. The number of aromatic nitrogens is 4. The topological polar surface area (TPSA) is 79.8 Å². The minimum Gasteiger partial charge on any atom is -0.611 e. The zero-order chi connectivity index (χ0) is 26.5. The molecule has 1 aliphatic carbocycles. The second-order valence-electron chi connectivity index (χ2n) is 8.52. The number of halogens is 6. The standard InChI is InChI=1S/C24H18Cl3F3N4O2S/c1-2-37(35)20-18(21-31-32-22(36-21)23(10-3-11-23)24(28,29)30)33-34(17-9-8-15(26)12-16(17)27)19(20)13-4-6-14(25)7-5-13/h4-9,12H,2-3,10-11H2,1H3. The molecule has 0 amide bonds. The van der Waals surface area contributed by atoms with Crippen LogP contribution in [0.3, 0.4) is 0 Å². The molecule has 194 valence electrons. The van der Waals surface area contributed by atoms with E-state index in [4.69, 9.17) is 39.2 Å². The van der Waals surface area contributed by atoms with Crippen LogP contribution in [0.1, 0.15) is 32.1 Å². The summed E-state index contributed by atoms with van der Waals surface area (Å²) < 4.78 is 62.2. The lowest BCUT2D eigenvalue weighted by molar-refractivity contribution is -0.219. The van der Waals surface area contributed by atoms with Crippen LogP contribution in [0.15, 0.2) is 51.8 Å². The first kappa shape index (κ1) is 26.4. The molecule has 6 nitrogen and oxygen atoms in total. The van der Waals surface area contributed by atoms with Gasteiger partial charge in [0.25, 0.3) is 5.89 Å². The van der Waals surface area contributed by atoms with E-state index < -0.39 is 28.7 Å². The Morgan fingerprint density at radius 1 is 1.05 bits per heavy atom. The molecule has 37 heavy (non-hydrogen) atoms. The highest BCUT2D eigenvalue weighted by molar-refractivity contribution is 7.91. The number of benzene rings is 2. The second kappa shape index (κ2) is 9.81. The number of hydrogen-bond acceptors (Lipinski definition) is 5. The summed E-state index contributed by atoms with van der Waals surface area (Å²) in [7, 11) is 0. The van der Waals surface area contributed by atoms with Gasteiger partial charge in [-0.2, -0.15) is 18.3 Å². The Morgan fingerprint density at radius 2 is 1.73 bits per heavy atom. The summed E-state index contributed by atoms with van der Waals surface area (Å²) in [5.41, 5.74) is -0.793. The van der Waals surface area contributed by atoms with Gasteiger partial charge in [0.15, 0.2) is 0 Å². The first-order valence-electron chi connectivity index (χ1n) is 11.2. The molecule has 2 aromatic heterocycles. The van der Waals surface area contributed by atoms with Crippen molar-refractivity contribution >= 4 is 46.0 Å². The second-order valence-corrected chi connectivity index (χ2v) is 11.5. The van der Waals surface area contributed by atoms with Gasteiger partial charge in [0.2, 0.25) is 16.5 Å². The van der Waals surface area contributed by atoms with E-state index in [-0.39, 0.29) is 40.1 Å². The maximum Gasteiger partial charge on any atom is 0.403 e. The van der Waals surface area contributed by atoms with E-state index >= 15 is 0 Å². The number of rotatable bonds is 6. The van der Waals surface area contributed by atoms with Crippen molar-refractivity contribution in [2.24, 2.45) is 0 Å². The predicted octanol–water partition coefficient (Wildman–Crippen LogP) is 7.66. The fourth-order valence-electron chi connectivity index (χ4n) is 4.25. The zero-order valence-corrected chi connectivity index (χ0v) is 22.2. The van der Waals surface area contributed by atoms with Crippen molar-refractivity contribution < 1.29 is 22.1 Å². The average Bonchev–Trinajstić information content (AvgIpc) is 3.43. The van der Waals surface area contributed by atoms with E-state index in [1.165, 1.54) is 10.7 Å². The van der Waals surface area contributed by atoms with Gasteiger partial charge in [-0.25, -0.2) is 4.68 Å². The van der Waals surface area contributed by atoms with Crippen molar-refractivity contribution in [1.29, 1.82) is 0 Å². The highest BCUT2D eigenvalue weighted by Crippen LogP contribution is 2.54. The lowest BCUT2D eigenvalue weighted by atomic mass is 9.68. The third kappa shape index (κ3) is 4.52. The molecule has 1 saturated carbocycles. The molecule has 0 radical (unpaired) electrons. The first-order chi connectivity index (χ1) is 17.6. The van der Waals surface area contributed by atoms with Gasteiger partial charge in [-0.1, -0.05) is 53.4 Å². The Hall–Kier alpha value is -2.24. The highest BCUT2D eigenvalue weighted by atomic mass is 35.5. The number of alkyl halides is 3. The maximum atomic E-state index is 13.9. The van der Waals surface area contributed by atoms with E-state index in [0.29, 0.717) is 33.4 Å². The third-order valence-corrected chi connectivity index (χ3v) is 8.53. The summed E-state index contributed by atoms with van der Waals surface area (Å²) in [5, 5.41) is 13.4. The highest BCUT2D eigenvalue weighted by Gasteiger charge is 2.63. The molecule has 0 bridgehead atoms. The molecule has 2 aromatic carbocycles. The molecular formula is C24H18Cl3F3N4O2S. The third-order valence-electron chi connectivity index (χ3n) is 6.37. The van der Waals surface area contributed by atoms with Crippen LogP contribution in [0, 0.1) is 0 Å².